The molecule has 0 spiro atoms. The van der Waals surface area contributed by atoms with Crippen LogP contribution < -0.4 is 9.80 Å². The average molecular weight is 290 g/mol. The first kappa shape index (κ1) is 14.5. The van der Waals surface area contributed by atoms with Crippen molar-refractivity contribution in [2.75, 3.05) is 69.7 Å². The number of piperazine rings is 2. The summed E-state index contributed by atoms with van der Waals surface area (Å²) in [6.07, 6.45) is 1.69. The lowest BCUT2D eigenvalue weighted by molar-refractivity contribution is 0.0804. The molecule has 0 bridgehead atoms. The Balaban J connectivity index is 1.72. The van der Waals surface area contributed by atoms with Crippen molar-refractivity contribution >= 4 is 11.6 Å². The van der Waals surface area contributed by atoms with E-state index in [0.29, 0.717) is 6.04 Å². The minimum atomic E-state index is 0.625. The summed E-state index contributed by atoms with van der Waals surface area (Å²) >= 11 is 0. The predicted octanol–water partition coefficient (Wildman–Crippen LogP) is 0.369. The van der Waals surface area contributed by atoms with Gasteiger partial charge in [-0.1, -0.05) is 0 Å². The number of anilines is 2. The maximum atomic E-state index is 4.49. The first-order valence-electron chi connectivity index (χ1n) is 7.88. The molecule has 0 amide bonds. The van der Waals surface area contributed by atoms with Crippen LogP contribution in [-0.4, -0.2) is 85.7 Å². The van der Waals surface area contributed by atoms with Gasteiger partial charge in [0.15, 0.2) is 0 Å². The molecule has 0 radical (unpaired) electrons. The number of hydrogen-bond donors (Lipinski definition) is 0. The van der Waals surface area contributed by atoms with Crippen molar-refractivity contribution in [1.82, 2.24) is 19.8 Å². The molecule has 0 saturated carbocycles. The molecule has 0 aromatic carbocycles. The Kier molecular flexibility index (Phi) is 4.26. The summed E-state index contributed by atoms with van der Waals surface area (Å²) in [7, 11) is 4.29. The Morgan fingerprint density at radius 3 is 2.81 bits per heavy atom. The quantitative estimate of drug-likeness (QED) is 0.801. The average Bonchev–Trinajstić information content (AvgIpc) is 2.53. The molecule has 3 rings (SSSR count). The molecule has 1 aromatic heterocycles. The molecule has 6 nitrogen and oxygen atoms in total. The number of likely N-dealkylation sites (N-methyl/N-ethyl adjacent to an activating group) is 1. The first-order chi connectivity index (χ1) is 10.2. The summed E-state index contributed by atoms with van der Waals surface area (Å²) in [5.41, 5.74) is 0. The molecule has 0 aliphatic carbocycles. The van der Waals surface area contributed by atoms with Crippen LogP contribution in [-0.2, 0) is 0 Å². The lowest BCUT2D eigenvalue weighted by Crippen LogP contribution is -2.61. The molecule has 6 heteroatoms. The monoisotopic (exact) mass is 290 g/mol. The van der Waals surface area contributed by atoms with Crippen LogP contribution in [0.5, 0.6) is 0 Å². The van der Waals surface area contributed by atoms with Gasteiger partial charge in [-0.2, -0.15) is 0 Å². The van der Waals surface area contributed by atoms with Crippen molar-refractivity contribution in [2.24, 2.45) is 0 Å². The van der Waals surface area contributed by atoms with E-state index in [4.69, 9.17) is 0 Å². The number of fused-ring (bicyclic) bond motifs is 1. The Morgan fingerprint density at radius 2 is 2.00 bits per heavy atom. The van der Waals surface area contributed by atoms with Gasteiger partial charge in [-0.15, -0.1) is 0 Å². The van der Waals surface area contributed by atoms with Crippen LogP contribution in [0.2, 0.25) is 0 Å². The summed E-state index contributed by atoms with van der Waals surface area (Å²) < 4.78 is 0. The number of aromatic nitrogens is 2. The normalized spacial score (nSPS) is 24.0. The lowest BCUT2D eigenvalue weighted by atomic mass is 10.1. The zero-order chi connectivity index (χ0) is 14.8. The van der Waals surface area contributed by atoms with Gasteiger partial charge in [0.25, 0.3) is 0 Å². The van der Waals surface area contributed by atoms with Gasteiger partial charge >= 0.3 is 0 Å². The number of nitrogens with zero attached hydrogens (tertiary/aromatic N) is 6. The van der Waals surface area contributed by atoms with E-state index in [0.717, 1.165) is 44.4 Å². The molecule has 2 fully saturated rings. The molecule has 0 N–H and O–H groups in total. The minimum absolute atomic E-state index is 0.625. The highest BCUT2D eigenvalue weighted by atomic mass is 15.4. The molecule has 2 aliphatic rings. The van der Waals surface area contributed by atoms with E-state index in [-0.39, 0.29) is 0 Å². The maximum Gasteiger partial charge on any atom is 0.134 e. The van der Waals surface area contributed by atoms with E-state index >= 15 is 0 Å². The van der Waals surface area contributed by atoms with Crippen LogP contribution >= 0.6 is 0 Å². The molecule has 1 atom stereocenters. The second-order valence-electron chi connectivity index (χ2n) is 6.15. The van der Waals surface area contributed by atoms with E-state index in [1.807, 2.05) is 0 Å². The van der Waals surface area contributed by atoms with Gasteiger partial charge in [0.05, 0.1) is 0 Å². The number of hydrogen-bond acceptors (Lipinski definition) is 6. The van der Waals surface area contributed by atoms with Gasteiger partial charge in [-0.05, 0) is 14.0 Å². The lowest BCUT2D eigenvalue weighted by Gasteiger charge is -2.46. The summed E-state index contributed by atoms with van der Waals surface area (Å²) in [5, 5.41) is 0. The van der Waals surface area contributed by atoms with E-state index in [2.05, 4.69) is 56.7 Å². The summed E-state index contributed by atoms with van der Waals surface area (Å²) in [6, 6.07) is 2.74. The van der Waals surface area contributed by atoms with Crippen LogP contribution in [0.25, 0.3) is 0 Å². The van der Waals surface area contributed by atoms with Crippen molar-refractivity contribution < 1.29 is 0 Å². The van der Waals surface area contributed by atoms with Crippen molar-refractivity contribution in [3.8, 4) is 0 Å². The molecule has 1 aromatic rings. The van der Waals surface area contributed by atoms with E-state index < -0.39 is 0 Å². The standard InChI is InChI=1S/C15H26N6/c1-4-19(3)14-9-15(17-12-16-14)21-8-7-20-6-5-18(2)10-13(20)11-21/h9,12-13H,4-8,10-11H2,1-3H3/t13-/m0/s1. The van der Waals surface area contributed by atoms with E-state index in [9.17, 15) is 0 Å². The summed E-state index contributed by atoms with van der Waals surface area (Å²) in [4.78, 5) is 18.5. The third-order valence-corrected chi connectivity index (χ3v) is 4.72. The smallest absolute Gasteiger partial charge is 0.134 e. The van der Waals surface area contributed by atoms with Gasteiger partial charge in [0, 0.05) is 65.0 Å². The Bertz CT molecular complexity index is 479. The third-order valence-electron chi connectivity index (χ3n) is 4.72. The number of rotatable bonds is 3. The van der Waals surface area contributed by atoms with Crippen LogP contribution in [0.1, 0.15) is 6.92 Å². The highest BCUT2D eigenvalue weighted by molar-refractivity contribution is 5.50. The topological polar surface area (TPSA) is 38.7 Å². The van der Waals surface area contributed by atoms with Crippen molar-refractivity contribution in [1.29, 1.82) is 0 Å². The molecule has 2 aliphatic heterocycles. The molecule has 21 heavy (non-hydrogen) atoms. The van der Waals surface area contributed by atoms with Crippen molar-refractivity contribution in [2.45, 2.75) is 13.0 Å². The van der Waals surface area contributed by atoms with Gasteiger partial charge in [0.2, 0.25) is 0 Å². The Hall–Kier alpha value is -1.40. The predicted molar refractivity (Wildman–Crippen MR) is 86.0 cm³/mol. The first-order valence-corrected chi connectivity index (χ1v) is 7.88. The zero-order valence-corrected chi connectivity index (χ0v) is 13.4. The Morgan fingerprint density at radius 1 is 1.19 bits per heavy atom. The van der Waals surface area contributed by atoms with Crippen LogP contribution in [0.3, 0.4) is 0 Å². The fourth-order valence-corrected chi connectivity index (χ4v) is 3.20. The van der Waals surface area contributed by atoms with Crippen molar-refractivity contribution in [3.05, 3.63) is 12.4 Å². The maximum absolute atomic E-state index is 4.49. The summed E-state index contributed by atoms with van der Waals surface area (Å²) in [6.45, 7) is 9.90. The molecule has 116 valence electrons. The third kappa shape index (κ3) is 3.11. The molecular formula is C15H26N6. The fraction of sp³-hybridized carbons (Fsp3) is 0.733. The van der Waals surface area contributed by atoms with Gasteiger partial charge in [-0.3, -0.25) is 4.90 Å². The highest BCUT2D eigenvalue weighted by Gasteiger charge is 2.31. The fourth-order valence-electron chi connectivity index (χ4n) is 3.20. The Labute approximate surface area is 127 Å². The second kappa shape index (κ2) is 6.15. The summed E-state index contributed by atoms with van der Waals surface area (Å²) in [5.74, 6) is 2.07. The highest BCUT2D eigenvalue weighted by Crippen LogP contribution is 2.21. The second-order valence-corrected chi connectivity index (χ2v) is 6.15. The molecule has 2 saturated heterocycles. The van der Waals surface area contributed by atoms with Crippen LogP contribution in [0.15, 0.2) is 12.4 Å². The van der Waals surface area contributed by atoms with Gasteiger partial charge < -0.3 is 14.7 Å². The zero-order valence-electron chi connectivity index (χ0n) is 13.4. The van der Waals surface area contributed by atoms with Gasteiger partial charge in [-0.25, -0.2) is 9.97 Å². The van der Waals surface area contributed by atoms with Crippen LogP contribution in [0.4, 0.5) is 11.6 Å². The van der Waals surface area contributed by atoms with Crippen LogP contribution in [0, 0.1) is 0 Å². The van der Waals surface area contributed by atoms with Crippen molar-refractivity contribution in [3.63, 3.8) is 0 Å². The minimum Gasteiger partial charge on any atom is -0.360 e. The SMILES string of the molecule is CCN(C)c1cc(N2CCN3CCN(C)C[C@H]3C2)ncn1. The molecular weight excluding hydrogens is 264 g/mol. The van der Waals surface area contributed by atoms with E-state index in [1.165, 1.54) is 13.1 Å². The largest absolute Gasteiger partial charge is 0.360 e. The van der Waals surface area contributed by atoms with E-state index in [1.54, 1.807) is 6.33 Å². The molecule has 3 heterocycles. The van der Waals surface area contributed by atoms with Gasteiger partial charge in [0.1, 0.15) is 18.0 Å². The molecule has 0 unspecified atom stereocenters.